The molecule has 4 rings (SSSR count). The highest BCUT2D eigenvalue weighted by Crippen LogP contribution is 2.33. The summed E-state index contributed by atoms with van der Waals surface area (Å²) in [6.07, 6.45) is -0.537. The molecular formula is C20H18N2O4. The van der Waals surface area contributed by atoms with Gasteiger partial charge in [0.2, 0.25) is 0 Å². The van der Waals surface area contributed by atoms with Gasteiger partial charge in [-0.25, -0.2) is 0 Å². The fourth-order valence-electron chi connectivity index (χ4n) is 3.03. The number of fused-ring (bicyclic) bond motifs is 2. The second kappa shape index (κ2) is 5.91. The van der Waals surface area contributed by atoms with Crippen LogP contribution in [0, 0.1) is 13.8 Å². The van der Waals surface area contributed by atoms with Gasteiger partial charge in [0.15, 0.2) is 11.9 Å². The summed E-state index contributed by atoms with van der Waals surface area (Å²) < 4.78 is 11.2. The predicted octanol–water partition coefficient (Wildman–Crippen LogP) is 4.02. The van der Waals surface area contributed by atoms with Crippen LogP contribution >= 0.6 is 0 Å². The monoisotopic (exact) mass is 350 g/mol. The molecule has 2 amide bonds. The number of hydrogen-bond donors (Lipinski definition) is 2. The first-order valence-corrected chi connectivity index (χ1v) is 8.35. The van der Waals surface area contributed by atoms with E-state index in [2.05, 4.69) is 10.6 Å². The second-order valence-corrected chi connectivity index (χ2v) is 6.47. The van der Waals surface area contributed by atoms with Gasteiger partial charge in [0.1, 0.15) is 11.3 Å². The van der Waals surface area contributed by atoms with Crippen molar-refractivity contribution in [1.82, 2.24) is 0 Å². The summed E-state index contributed by atoms with van der Waals surface area (Å²) in [5.74, 6) is 0.292. The van der Waals surface area contributed by atoms with Gasteiger partial charge in [-0.2, -0.15) is 0 Å². The molecule has 0 aliphatic carbocycles. The number of furan rings is 1. The third-order valence-corrected chi connectivity index (χ3v) is 4.47. The Kier molecular flexibility index (Phi) is 3.68. The van der Waals surface area contributed by atoms with Crippen molar-refractivity contribution in [3.8, 4) is 5.75 Å². The molecule has 6 nitrogen and oxygen atoms in total. The van der Waals surface area contributed by atoms with Crippen LogP contribution in [0.5, 0.6) is 5.75 Å². The molecule has 1 aliphatic rings. The number of carbonyl (C=O) groups is 2. The number of benzene rings is 2. The van der Waals surface area contributed by atoms with E-state index in [9.17, 15) is 9.59 Å². The lowest BCUT2D eigenvalue weighted by molar-refractivity contribution is -0.122. The Labute approximate surface area is 150 Å². The minimum Gasteiger partial charge on any atom is -0.479 e. The number of amides is 2. The van der Waals surface area contributed by atoms with Crippen LogP contribution < -0.4 is 15.4 Å². The Hall–Kier alpha value is -3.28. The Morgan fingerprint density at radius 3 is 2.77 bits per heavy atom. The maximum absolute atomic E-state index is 12.7. The normalized spacial score (nSPS) is 16.0. The highest BCUT2D eigenvalue weighted by atomic mass is 16.5. The summed E-state index contributed by atoms with van der Waals surface area (Å²) in [7, 11) is 0. The molecule has 0 spiro atoms. The van der Waals surface area contributed by atoms with Gasteiger partial charge in [0.05, 0.1) is 5.69 Å². The van der Waals surface area contributed by atoms with E-state index in [1.54, 1.807) is 25.1 Å². The molecule has 2 heterocycles. The van der Waals surface area contributed by atoms with E-state index in [1.807, 2.05) is 32.0 Å². The minimum atomic E-state index is -0.537. The number of carbonyl (C=O) groups excluding carboxylic acids is 2. The lowest BCUT2D eigenvalue weighted by Gasteiger charge is -2.23. The van der Waals surface area contributed by atoms with Crippen molar-refractivity contribution in [3.63, 3.8) is 0 Å². The van der Waals surface area contributed by atoms with Gasteiger partial charge in [-0.15, -0.1) is 0 Å². The average molecular weight is 350 g/mol. The van der Waals surface area contributed by atoms with Crippen LogP contribution in [0.4, 0.5) is 11.4 Å². The summed E-state index contributed by atoms with van der Waals surface area (Å²) in [6.45, 7) is 5.54. The van der Waals surface area contributed by atoms with Crippen molar-refractivity contribution in [3.05, 3.63) is 53.3 Å². The van der Waals surface area contributed by atoms with Gasteiger partial charge in [-0.1, -0.05) is 11.6 Å². The van der Waals surface area contributed by atoms with Crippen molar-refractivity contribution >= 4 is 34.2 Å². The molecule has 0 saturated carbocycles. The quantitative estimate of drug-likeness (QED) is 0.731. The topological polar surface area (TPSA) is 80.6 Å². The lowest BCUT2D eigenvalue weighted by atomic mass is 10.1. The zero-order valence-electron chi connectivity index (χ0n) is 14.7. The summed E-state index contributed by atoms with van der Waals surface area (Å²) in [4.78, 5) is 24.4. The summed E-state index contributed by atoms with van der Waals surface area (Å²) in [5.41, 5.74) is 3.65. The minimum absolute atomic E-state index is 0.218. The molecule has 0 fully saturated rings. The Morgan fingerprint density at radius 2 is 1.96 bits per heavy atom. The standard InChI is InChI=1S/C20H18N2O4/c1-10-4-6-16-14(8-10)11(2)18(26-16)20(24)21-13-5-7-17-15(9-13)22-19(23)12(3)25-17/h4-9,12H,1-3H3,(H,21,24)(H,22,23)/t12-/m0/s1. The van der Waals surface area contributed by atoms with E-state index in [1.165, 1.54) is 0 Å². The SMILES string of the molecule is Cc1ccc2oc(C(=O)Nc3ccc4c(c3)NC(=O)[C@H](C)O4)c(C)c2c1. The first-order chi connectivity index (χ1) is 12.4. The summed E-state index contributed by atoms with van der Waals surface area (Å²) in [6, 6.07) is 10.9. The van der Waals surface area contributed by atoms with Gasteiger partial charge < -0.3 is 19.8 Å². The van der Waals surface area contributed by atoms with E-state index in [4.69, 9.17) is 9.15 Å². The molecule has 0 unspecified atom stereocenters. The van der Waals surface area contributed by atoms with Gasteiger partial charge in [-0.3, -0.25) is 9.59 Å². The smallest absolute Gasteiger partial charge is 0.291 e. The van der Waals surface area contributed by atoms with E-state index in [0.717, 1.165) is 16.5 Å². The van der Waals surface area contributed by atoms with Crippen LogP contribution in [0.3, 0.4) is 0 Å². The highest BCUT2D eigenvalue weighted by molar-refractivity contribution is 6.07. The van der Waals surface area contributed by atoms with Crippen molar-refractivity contribution in [2.75, 3.05) is 10.6 Å². The molecule has 2 N–H and O–H groups in total. The van der Waals surface area contributed by atoms with Crippen LogP contribution in [-0.4, -0.2) is 17.9 Å². The molecule has 0 bridgehead atoms. The fraction of sp³-hybridized carbons (Fsp3) is 0.200. The molecule has 3 aromatic rings. The van der Waals surface area contributed by atoms with E-state index in [0.29, 0.717) is 22.7 Å². The molecule has 6 heteroatoms. The molecule has 132 valence electrons. The van der Waals surface area contributed by atoms with Crippen molar-refractivity contribution in [2.24, 2.45) is 0 Å². The molecule has 0 radical (unpaired) electrons. The number of nitrogens with one attached hydrogen (secondary N) is 2. The van der Waals surface area contributed by atoms with Gasteiger partial charge in [0, 0.05) is 16.6 Å². The van der Waals surface area contributed by atoms with Gasteiger partial charge in [0.25, 0.3) is 11.8 Å². The third-order valence-electron chi connectivity index (χ3n) is 4.47. The van der Waals surface area contributed by atoms with Crippen LogP contribution in [0.15, 0.2) is 40.8 Å². The molecular weight excluding hydrogens is 332 g/mol. The molecule has 2 aromatic carbocycles. The molecule has 1 atom stereocenters. The van der Waals surface area contributed by atoms with E-state index >= 15 is 0 Å². The molecule has 1 aliphatic heterocycles. The van der Waals surface area contributed by atoms with Gasteiger partial charge >= 0.3 is 0 Å². The number of ether oxygens (including phenoxy) is 1. The third kappa shape index (κ3) is 2.69. The number of aryl methyl sites for hydroxylation is 2. The Bertz CT molecular complexity index is 1050. The summed E-state index contributed by atoms with van der Waals surface area (Å²) in [5, 5.41) is 6.50. The number of hydrogen-bond acceptors (Lipinski definition) is 4. The van der Waals surface area contributed by atoms with E-state index in [-0.39, 0.29) is 17.6 Å². The average Bonchev–Trinajstić information content (AvgIpc) is 2.93. The van der Waals surface area contributed by atoms with Gasteiger partial charge in [-0.05, 0) is 51.1 Å². The van der Waals surface area contributed by atoms with Crippen molar-refractivity contribution in [1.29, 1.82) is 0 Å². The van der Waals surface area contributed by atoms with Crippen LogP contribution in [0.2, 0.25) is 0 Å². The zero-order valence-corrected chi connectivity index (χ0v) is 14.7. The first kappa shape index (κ1) is 16.2. The number of rotatable bonds is 2. The van der Waals surface area contributed by atoms with Crippen molar-refractivity contribution in [2.45, 2.75) is 26.9 Å². The first-order valence-electron chi connectivity index (χ1n) is 8.35. The Balaban J connectivity index is 1.62. The predicted molar refractivity (Wildman–Crippen MR) is 98.8 cm³/mol. The maximum atomic E-state index is 12.7. The molecule has 26 heavy (non-hydrogen) atoms. The zero-order chi connectivity index (χ0) is 18.4. The van der Waals surface area contributed by atoms with Crippen LogP contribution in [-0.2, 0) is 4.79 Å². The second-order valence-electron chi connectivity index (χ2n) is 6.47. The largest absolute Gasteiger partial charge is 0.479 e. The summed E-state index contributed by atoms with van der Waals surface area (Å²) >= 11 is 0. The molecule has 1 aromatic heterocycles. The van der Waals surface area contributed by atoms with E-state index < -0.39 is 6.10 Å². The molecule has 0 saturated heterocycles. The number of anilines is 2. The Morgan fingerprint density at radius 1 is 1.15 bits per heavy atom. The highest BCUT2D eigenvalue weighted by Gasteiger charge is 2.24. The van der Waals surface area contributed by atoms with Crippen LogP contribution in [0.25, 0.3) is 11.0 Å². The maximum Gasteiger partial charge on any atom is 0.291 e. The lowest BCUT2D eigenvalue weighted by Crippen LogP contribution is -2.34. The fourth-order valence-corrected chi connectivity index (χ4v) is 3.03. The van der Waals surface area contributed by atoms with Crippen molar-refractivity contribution < 1.29 is 18.7 Å². The van der Waals surface area contributed by atoms with Crippen LogP contribution in [0.1, 0.15) is 28.6 Å².